The molecule has 0 atom stereocenters. The van der Waals surface area contributed by atoms with Gasteiger partial charge in [0.05, 0.1) is 6.61 Å². The molecule has 1 N–H and O–H groups in total. The number of rotatable bonds is 11. The lowest BCUT2D eigenvalue weighted by Gasteiger charge is -2.08. The van der Waals surface area contributed by atoms with Gasteiger partial charge in [0, 0.05) is 6.42 Å². The predicted molar refractivity (Wildman–Crippen MR) is 96.5 cm³/mol. The Labute approximate surface area is 144 Å². The van der Waals surface area contributed by atoms with Crippen LogP contribution in [0.3, 0.4) is 0 Å². The van der Waals surface area contributed by atoms with Gasteiger partial charge in [0.2, 0.25) is 0 Å². The average molecular weight is 326 g/mol. The topological polar surface area (TPSA) is 46.5 Å². The molecule has 2 aromatic rings. The quantitative estimate of drug-likeness (QED) is 0.598. The van der Waals surface area contributed by atoms with E-state index in [0.717, 1.165) is 50.9 Å². The number of unbranched alkanes of at least 4 members (excludes halogenated alkanes) is 2. The van der Waals surface area contributed by atoms with Gasteiger partial charge < -0.3 is 9.84 Å². The number of carboxylic acids is 1. The normalized spacial score (nSPS) is 10.5. The smallest absolute Gasteiger partial charge is 0.303 e. The molecule has 0 unspecified atom stereocenters. The van der Waals surface area contributed by atoms with Crippen LogP contribution in [0.25, 0.3) is 0 Å². The Balaban J connectivity index is 1.63. The van der Waals surface area contributed by atoms with Crippen LogP contribution < -0.4 is 4.74 Å². The summed E-state index contributed by atoms with van der Waals surface area (Å²) in [5.74, 6) is 0.188. The van der Waals surface area contributed by atoms with Crippen LogP contribution in [0.2, 0.25) is 0 Å². The van der Waals surface area contributed by atoms with Crippen molar-refractivity contribution in [2.75, 3.05) is 6.61 Å². The van der Waals surface area contributed by atoms with Gasteiger partial charge in [-0.3, -0.25) is 4.79 Å². The molecule has 0 spiro atoms. The highest BCUT2D eigenvalue weighted by Gasteiger charge is 2.00. The Hall–Kier alpha value is -2.29. The van der Waals surface area contributed by atoms with E-state index in [1.807, 2.05) is 18.2 Å². The summed E-state index contributed by atoms with van der Waals surface area (Å²) in [6.07, 6.45) is 6.02. The highest BCUT2D eigenvalue weighted by molar-refractivity contribution is 5.66. The summed E-state index contributed by atoms with van der Waals surface area (Å²) < 4.78 is 5.84. The maximum absolute atomic E-state index is 10.5. The molecule has 0 saturated heterocycles. The molecule has 2 aromatic carbocycles. The van der Waals surface area contributed by atoms with E-state index in [9.17, 15) is 4.79 Å². The van der Waals surface area contributed by atoms with E-state index < -0.39 is 5.97 Å². The average Bonchev–Trinajstić information content (AvgIpc) is 2.60. The Morgan fingerprint density at radius 1 is 0.833 bits per heavy atom. The largest absolute Gasteiger partial charge is 0.494 e. The molecule has 2 rings (SSSR count). The maximum atomic E-state index is 10.5. The Morgan fingerprint density at radius 2 is 1.54 bits per heavy atom. The van der Waals surface area contributed by atoms with Crippen LogP contribution in [0, 0.1) is 0 Å². The van der Waals surface area contributed by atoms with Crippen LogP contribution in [0.15, 0.2) is 54.6 Å². The van der Waals surface area contributed by atoms with Crippen molar-refractivity contribution in [3.8, 4) is 5.75 Å². The summed E-state index contributed by atoms with van der Waals surface area (Å²) in [6, 6.07) is 18.6. The third kappa shape index (κ3) is 7.32. The summed E-state index contributed by atoms with van der Waals surface area (Å²) in [6.45, 7) is 0.731. The number of aryl methyl sites for hydroxylation is 2. The number of ether oxygens (including phenoxy) is 1. The van der Waals surface area contributed by atoms with E-state index in [4.69, 9.17) is 9.84 Å². The second-order valence-corrected chi connectivity index (χ2v) is 6.04. The molecule has 0 heterocycles. The first-order chi connectivity index (χ1) is 11.7. The summed E-state index contributed by atoms with van der Waals surface area (Å²) in [4.78, 5) is 10.5. The SMILES string of the molecule is O=C(O)CCCCc1cccc(OCCCCc2ccccc2)c1. The lowest BCUT2D eigenvalue weighted by Crippen LogP contribution is -1.99. The Kier molecular flexibility index (Phi) is 7.88. The van der Waals surface area contributed by atoms with Gasteiger partial charge in [-0.05, 0) is 61.8 Å². The number of carboxylic acid groups (broad SMARTS) is 1. The van der Waals surface area contributed by atoms with Crippen molar-refractivity contribution < 1.29 is 14.6 Å². The van der Waals surface area contributed by atoms with Gasteiger partial charge in [0.25, 0.3) is 0 Å². The van der Waals surface area contributed by atoms with Crippen LogP contribution in [0.4, 0.5) is 0 Å². The van der Waals surface area contributed by atoms with Crippen molar-refractivity contribution in [1.29, 1.82) is 0 Å². The number of aliphatic carboxylic acids is 1. The lowest BCUT2D eigenvalue weighted by molar-refractivity contribution is -0.137. The van der Waals surface area contributed by atoms with Gasteiger partial charge in [-0.15, -0.1) is 0 Å². The third-order valence-electron chi connectivity index (χ3n) is 3.98. The molecule has 3 heteroatoms. The number of carbonyl (C=O) groups is 1. The van der Waals surface area contributed by atoms with Crippen LogP contribution in [0.5, 0.6) is 5.75 Å². The minimum Gasteiger partial charge on any atom is -0.494 e. The summed E-state index contributed by atoms with van der Waals surface area (Å²) >= 11 is 0. The molecule has 0 aliphatic rings. The molecule has 3 nitrogen and oxygen atoms in total. The molecule has 0 bridgehead atoms. The van der Waals surface area contributed by atoms with Crippen molar-refractivity contribution in [2.24, 2.45) is 0 Å². The zero-order valence-electron chi connectivity index (χ0n) is 14.1. The first-order valence-corrected chi connectivity index (χ1v) is 8.71. The maximum Gasteiger partial charge on any atom is 0.303 e. The van der Waals surface area contributed by atoms with Crippen molar-refractivity contribution in [3.05, 3.63) is 65.7 Å². The molecular formula is C21H26O3. The van der Waals surface area contributed by atoms with Crippen LogP contribution in [0.1, 0.15) is 43.2 Å². The summed E-state index contributed by atoms with van der Waals surface area (Å²) in [5.41, 5.74) is 2.59. The third-order valence-corrected chi connectivity index (χ3v) is 3.98. The molecular weight excluding hydrogens is 300 g/mol. The number of hydrogen-bond acceptors (Lipinski definition) is 2. The zero-order chi connectivity index (χ0) is 17.0. The fourth-order valence-corrected chi connectivity index (χ4v) is 2.66. The van der Waals surface area contributed by atoms with E-state index in [1.165, 1.54) is 11.1 Å². The van der Waals surface area contributed by atoms with Gasteiger partial charge in [-0.25, -0.2) is 0 Å². The number of benzene rings is 2. The lowest BCUT2D eigenvalue weighted by atomic mass is 10.1. The fourth-order valence-electron chi connectivity index (χ4n) is 2.66. The molecule has 0 saturated carbocycles. The molecule has 24 heavy (non-hydrogen) atoms. The number of hydrogen-bond donors (Lipinski definition) is 1. The van der Waals surface area contributed by atoms with Crippen molar-refractivity contribution >= 4 is 5.97 Å². The van der Waals surface area contributed by atoms with Gasteiger partial charge in [0.15, 0.2) is 0 Å². The van der Waals surface area contributed by atoms with Crippen LogP contribution >= 0.6 is 0 Å². The second-order valence-electron chi connectivity index (χ2n) is 6.04. The second kappa shape index (κ2) is 10.5. The summed E-state index contributed by atoms with van der Waals surface area (Å²) in [5, 5.41) is 8.65. The Morgan fingerprint density at radius 3 is 2.33 bits per heavy atom. The van der Waals surface area contributed by atoms with Crippen LogP contribution in [-0.4, -0.2) is 17.7 Å². The Bertz CT molecular complexity index is 607. The molecule has 0 radical (unpaired) electrons. The van der Waals surface area contributed by atoms with E-state index >= 15 is 0 Å². The monoisotopic (exact) mass is 326 g/mol. The van der Waals surface area contributed by atoms with E-state index in [2.05, 4.69) is 36.4 Å². The van der Waals surface area contributed by atoms with E-state index in [0.29, 0.717) is 0 Å². The first-order valence-electron chi connectivity index (χ1n) is 8.71. The minimum absolute atomic E-state index is 0.248. The van der Waals surface area contributed by atoms with Crippen molar-refractivity contribution in [1.82, 2.24) is 0 Å². The molecule has 0 amide bonds. The fraction of sp³-hybridized carbons (Fsp3) is 0.381. The van der Waals surface area contributed by atoms with Gasteiger partial charge in [-0.2, -0.15) is 0 Å². The van der Waals surface area contributed by atoms with Gasteiger partial charge >= 0.3 is 5.97 Å². The molecule has 0 aliphatic carbocycles. The van der Waals surface area contributed by atoms with Crippen molar-refractivity contribution in [2.45, 2.75) is 44.9 Å². The minimum atomic E-state index is -0.720. The molecule has 0 aliphatic heterocycles. The van der Waals surface area contributed by atoms with Crippen molar-refractivity contribution in [3.63, 3.8) is 0 Å². The van der Waals surface area contributed by atoms with Gasteiger partial charge in [0.1, 0.15) is 5.75 Å². The predicted octanol–water partition coefficient (Wildman–Crippen LogP) is 4.89. The highest BCUT2D eigenvalue weighted by Crippen LogP contribution is 2.16. The molecule has 128 valence electrons. The molecule has 0 fully saturated rings. The first kappa shape index (κ1) is 18.1. The van der Waals surface area contributed by atoms with E-state index in [-0.39, 0.29) is 6.42 Å². The highest BCUT2D eigenvalue weighted by atomic mass is 16.5. The molecule has 0 aromatic heterocycles. The zero-order valence-corrected chi connectivity index (χ0v) is 14.1. The van der Waals surface area contributed by atoms with E-state index in [1.54, 1.807) is 0 Å². The standard InChI is InChI=1S/C21H26O3/c22-21(23)15-5-4-12-19-13-8-14-20(17-19)24-16-7-6-11-18-9-2-1-3-10-18/h1-3,8-10,13-14,17H,4-7,11-12,15-16H2,(H,22,23). The summed E-state index contributed by atoms with van der Waals surface area (Å²) in [7, 11) is 0. The van der Waals surface area contributed by atoms with Crippen LogP contribution in [-0.2, 0) is 17.6 Å². The van der Waals surface area contributed by atoms with Gasteiger partial charge in [-0.1, -0.05) is 42.5 Å².